The van der Waals surface area contributed by atoms with Crippen LogP contribution in [0.2, 0.25) is 0 Å². The molecule has 2 atom stereocenters. The third-order valence-corrected chi connectivity index (χ3v) is 5.11. The van der Waals surface area contributed by atoms with Gasteiger partial charge in [-0.2, -0.15) is 0 Å². The van der Waals surface area contributed by atoms with E-state index in [0.717, 1.165) is 6.61 Å². The second-order valence-electron chi connectivity index (χ2n) is 4.36. The lowest BCUT2D eigenvalue weighted by atomic mass is 9.62. The van der Waals surface area contributed by atoms with Crippen LogP contribution in [0.25, 0.3) is 0 Å². The minimum Gasteiger partial charge on any atom is -0.378 e. The third kappa shape index (κ3) is 2.16. The lowest BCUT2D eigenvalue weighted by Crippen LogP contribution is -2.54. The molecule has 0 saturated heterocycles. The van der Waals surface area contributed by atoms with E-state index in [9.17, 15) is 0 Å². The van der Waals surface area contributed by atoms with Crippen LogP contribution >= 0.6 is 15.9 Å². The van der Waals surface area contributed by atoms with Gasteiger partial charge in [0.15, 0.2) is 0 Å². The van der Waals surface area contributed by atoms with Crippen molar-refractivity contribution < 1.29 is 4.74 Å². The molecule has 0 radical (unpaired) electrons. The zero-order chi connectivity index (χ0) is 10.6. The summed E-state index contributed by atoms with van der Waals surface area (Å²) >= 11 is 3.77. The largest absolute Gasteiger partial charge is 0.378 e. The fourth-order valence-corrected chi connectivity index (χ4v) is 3.73. The molecule has 0 aromatic carbocycles. The van der Waals surface area contributed by atoms with Gasteiger partial charge in [-0.25, -0.2) is 0 Å². The van der Waals surface area contributed by atoms with E-state index in [1.807, 2.05) is 0 Å². The van der Waals surface area contributed by atoms with Gasteiger partial charge < -0.3 is 4.74 Å². The molecular weight excluding hydrogens is 240 g/mol. The summed E-state index contributed by atoms with van der Waals surface area (Å²) in [5.74, 6) is 0. The smallest absolute Gasteiger partial charge is 0.0652 e. The highest BCUT2D eigenvalue weighted by Crippen LogP contribution is 2.52. The van der Waals surface area contributed by atoms with Gasteiger partial charge in [-0.3, -0.25) is 0 Å². The first-order valence-corrected chi connectivity index (χ1v) is 6.88. The fraction of sp³-hybridized carbons (Fsp3) is 1.00. The summed E-state index contributed by atoms with van der Waals surface area (Å²) in [6, 6.07) is 0. The number of hydrogen-bond donors (Lipinski definition) is 0. The monoisotopic (exact) mass is 262 g/mol. The van der Waals surface area contributed by atoms with E-state index < -0.39 is 0 Å². The van der Waals surface area contributed by atoms with Crippen molar-refractivity contribution in [3.8, 4) is 0 Å². The summed E-state index contributed by atoms with van der Waals surface area (Å²) in [5, 5.41) is 0. The van der Waals surface area contributed by atoms with E-state index in [0.29, 0.717) is 16.3 Å². The molecule has 0 aliphatic heterocycles. The average molecular weight is 263 g/mol. The van der Waals surface area contributed by atoms with Gasteiger partial charge in [0, 0.05) is 16.8 Å². The maximum atomic E-state index is 5.96. The molecule has 0 spiro atoms. The molecule has 0 aromatic heterocycles. The van der Waals surface area contributed by atoms with Crippen molar-refractivity contribution in [3.05, 3.63) is 0 Å². The second kappa shape index (κ2) is 5.50. The van der Waals surface area contributed by atoms with Gasteiger partial charge >= 0.3 is 0 Å². The summed E-state index contributed by atoms with van der Waals surface area (Å²) in [5.41, 5.74) is 0.424. The Morgan fingerprint density at radius 2 is 1.93 bits per heavy atom. The van der Waals surface area contributed by atoms with E-state index in [-0.39, 0.29) is 0 Å². The molecule has 0 N–H and O–H groups in total. The minimum atomic E-state index is 0.424. The van der Waals surface area contributed by atoms with Crippen LogP contribution in [0.15, 0.2) is 0 Å². The van der Waals surface area contributed by atoms with Crippen LogP contribution < -0.4 is 0 Å². The van der Waals surface area contributed by atoms with Crippen molar-refractivity contribution in [2.45, 2.75) is 63.8 Å². The number of ether oxygens (including phenoxy) is 1. The Balaban J connectivity index is 2.39. The van der Waals surface area contributed by atoms with E-state index in [1.165, 1.54) is 32.1 Å². The van der Waals surface area contributed by atoms with Gasteiger partial charge in [0.1, 0.15) is 0 Å². The molecule has 1 nitrogen and oxygen atoms in total. The highest BCUT2D eigenvalue weighted by atomic mass is 79.9. The first kappa shape index (κ1) is 12.5. The Labute approximate surface area is 96.7 Å². The number of alkyl halides is 1. The van der Waals surface area contributed by atoms with Crippen LogP contribution in [0.4, 0.5) is 0 Å². The minimum absolute atomic E-state index is 0.424. The van der Waals surface area contributed by atoms with Crippen LogP contribution in [0, 0.1) is 5.41 Å². The number of rotatable bonds is 6. The summed E-state index contributed by atoms with van der Waals surface area (Å²) in [6.45, 7) is 7.73. The van der Waals surface area contributed by atoms with Crippen LogP contribution in [0.3, 0.4) is 0 Å². The Hall–Kier alpha value is 0.440. The SMILES string of the molecule is CCCCOC1CC(Br)C1(CC)CC. The quantitative estimate of drug-likeness (QED) is 0.517. The van der Waals surface area contributed by atoms with Crippen molar-refractivity contribution in [2.24, 2.45) is 5.41 Å². The van der Waals surface area contributed by atoms with Crippen LogP contribution in [-0.2, 0) is 4.74 Å². The molecule has 0 bridgehead atoms. The lowest BCUT2D eigenvalue weighted by molar-refractivity contribution is -0.108. The zero-order valence-electron chi connectivity index (χ0n) is 9.68. The molecule has 0 amide bonds. The molecule has 1 fully saturated rings. The second-order valence-corrected chi connectivity index (χ2v) is 5.46. The lowest BCUT2D eigenvalue weighted by Gasteiger charge is -2.53. The maximum absolute atomic E-state index is 5.96. The molecule has 1 saturated carbocycles. The van der Waals surface area contributed by atoms with Crippen LogP contribution in [0.5, 0.6) is 0 Å². The first-order chi connectivity index (χ1) is 6.71. The van der Waals surface area contributed by atoms with Gasteiger partial charge in [-0.1, -0.05) is 43.1 Å². The van der Waals surface area contributed by atoms with E-state index in [2.05, 4.69) is 36.7 Å². The number of unbranched alkanes of at least 4 members (excludes halogenated alkanes) is 1. The molecule has 0 heterocycles. The molecule has 1 rings (SSSR count). The molecule has 2 unspecified atom stereocenters. The molecule has 14 heavy (non-hydrogen) atoms. The van der Waals surface area contributed by atoms with E-state index in [4.69, 9.17) is 4.74 Å². The van der Waals surface area contributed by atoms with Crippen LogP contribution in [-0.4, -0.2) is 17.5 Å². The summed E-state index contributed by atoms with van der Waals surface area (Å²) in [7, 11) is 0. The van der Waals surface area contributed by atoms with Gasteiger partial charge in [-0.05, 0) is 25.7 Å². The third-order valence-electron chi connectivity index (χ3n) is 3.82. The summed E-state index contributed by atoms with van der Waals surface area (Å²) in [4.78, 5) is 0.677. The van der Waals surface area contributed by atoms with Crippen molar-refractivity contribution >= 4 is 15.9 Å². The Bertz CT molecular complexity index is 166. The maximum Gasteiger partial charge on any atom is 0.0652 e. The van der Waals surface area contributed by atoms with Crippen molar-refractivity contribution in [1.29, 1.82) is 0 Å². The highest BCUT2D eigenvalue weighted by Gasteiger charge is 2.51. The predicted molar refractivity (Wildman–Crippen MR) is 65.0 cm³/mol. The molecule has 84 valence electrons. The highest BCUT2D eigenvalue weighted by molar-refractivity contribution is 9.09. The normalized spacial score (nSPS) is 30.0. The Kier molecular flexibility index (Phi) is 4.92. The van der Waals surface area contributed by atoms with Gasteiger partial charge in [0.05, 0.1) is 6.10 Å². The topological polar surface area (TPSA) is 9.23 Å². The zero-order valence-corrected chi connectivity index (χ0v) is 11.3. The molecule has 1 aliphatic carbocycles. The van der Waals surface area contributed by atoms with Crippen LogP contribution in [0.1, 0.15) is 52.9 Å². The van der Waals surface area contributed by atoms with Crippen molar-refractivity contribution in [3.63, 3.8) is 0 Å². The van der Waals surface area contributed by atoms with Gasteiger partial charge in [0.25, 0.3) is 0 Å². The summed E-state index contributed by atoms with van der Waals surface area (Å²) in [6.07, 6.45) is 6.61. The standard InChI is InChI=1S/C12H23BrO/c1-4-7-8-14-11-9-10(13)12(11,5-2)6-3/h10-11H,4-9H2,1-3H3. The molecule has 1 aliphatic rings. The number of halogens is 1. The van der Waals surface area contributed by atoms with E-state index in [1.54, 1.807) is 0 Å². The predicted octanol–water partition coefficient (Wildman–Crippen LogP) is 4.15. The van der Waals surface area contributed by atoms with E-state index >= 15 is 0 Å². The van der Waals surface area contributed by atoms with Crippen molar-refractivity contribution in [1.82, 2.24) is 0 Å². The average Bonchev–Trinajstić information content (AvgIpc) is 2.19. The van der Waals surface area contributed by atoms with Gasteiger partial charge in [0.2, 0.25) is 0 Å². The Morgan fingerprint density at radius 1 is 1.29 bits per heavy atom. The van der Waals surface area contributed by atoms with Crippen molar-refractivity contribution in [2.75, 3.05) is 6.61 Å². The fourth-order valence-electron chi connectivity index (χ4n) is 2.45. The molecule has 0 aromatic rings. The molecule has 2 heteroatoms. The van der Waals surface area contributed by atoms with Gasteiger partial charge in [-0.15, -0.1) is 0 Å². The Morgan fingerprint density at radius 3 is 2.36 bits per heavy atom. The summed E-state index contributed by atoms with van der Waals surface area (Å²) < 4.78 is 5.96. The first-order valence-electron chi connectivity index (χ1n) is 5.96. The number of hydrogen-bond acceptors (Lipinski definition) is 1. The molecular formula is C12H23BrO.